The second kappa shape index (κ2) is 26.4. The van der Waals surface area contributed by atoms with Crippen molar-refractivity contribution in [1.29, 1.82) is 10.5 Å². The SMILES string of the molecule is CC(C)=CC1C(C(=O)OC(C#N)c2cccc(Oc3ccccc3)c2)C1(C)C.CCCN(CCOc1c(Cl)cc(Cl)cc1Cl)C(=O)n1ccnc1.[CH2]c1cccc(Oc2ccccc2)c1.[C]#N. The van der Waals surface area contributed by atoms with Crippen molar-refractivity contribution >= 4 is 46.8 Å². The molecule has 67 heavy (non-hydrogen) atoms. The van der Waals surface area contributed by atoms with E-state index in [0.717, 1.165) is 23.5 Å². The third-order valence-corrected chi connectivity index (χ3v) is 10.9. The lowest BCUT2D eigenvalue weighted by atomic mass is 10.1. The average Bonchev–Trinajstić information content (AvgIpc) is 3.57. The molecule has 6 aromatic rings. The van der Waals surface area contributed by atoms with E-state index >= 15 is 0 Å². The number of rotatable bonds is 14. The van der Waals surface area contributed by atoms with Crippen LogP contribution in [-0.2, 0) is 9.53 Å². The van der Waals surface area contributed by atoms with Crippen LogP contribution in [0.1, 0.15) is 58.3 Å². The highest BCUT2D eigenvalue weighted by Gasteiger charge is 2.61. The Kier molecular flexibility index (Phi) is 20.8. The molecule has 2 radical (unpaired) electrons. The topological polar surface area (TPSA) is 140 Å². The first-order valence-corrected chi connectivity index (χ1v) is 22.3. The Morgan fingerprint density at radius 1 is 0.851 bits per heavy atom. The number of nitrogens with zero attached hydrogens (tertiary/aromatic N) is 5. The van der Waals surface area contributed by atoms with E-state index < -0.39 is 6.10 Å². The number of hydrogen-bond acceptors (Lipinski definition) is 9. The van der Waals surface area contributed by atoms with Crippen LogP contribution in [0.3, 0.4) is 0 Å². The first-order valence-electron chi connectivity index (χ1n) is 21.2. The van der Waals surface area contributed by atoms with Gasteiger partial charge in [-0.25, -0.2) is 9.78 Å². The van der Waals surface area contributed by atoms with Crippen molar-refractivity contribution in [3.05, 3.63) is 191 Å². The third-order valence-electron chi connectivity index (χ3n) is 10.1. The molecule has 1 fully saturated rings. The zero-order valence-electron chi connectivity index (χ0n) is 37.9. The number of nitriles is 1. The van der Waals surface area contributed by atoms with E-state index in [9.17, 15) is 14.9 Å². The molecule has 1 aliphatic carbocycles. The summed E-state index contributed by atoms with van der Waals surface area (Å²) in [5, 5.41) is 16.9. The second-order valence-electron chi connectivity index (χ2n) is 15.9. The summed E-state index contributed by atoms with van der Waals surface area (Å²) in [5.41, 5.74) is 2.59. The van der Waals surface area contributed by atoms with Crippen molar-refractivity contribution in [2.24, 2.45) is 17.3 Å². The van der Waals surface area contributed by atoms with Gasteiger partial charge in [-0.2, -0.15) is 10.5 Å². The maximum Gasteiger partial charge on any atom is 0.329 e. The molecule has 0 saturated heterocycles. The van der Waals surface area contributed by atoms with Crippen molar-refractivity contribution in [3.8, 4) is 34.8 Å². The van der Waals surface area contributed by atoms with E-state index in [1.807, 2.05) is 112 Å². The lowest BCUT2D eigenvalue weighted by molar-refractivity contribution is -0.149. The molecule has 1 aromatic heterocycles. The van der Waals surface area contributed by atoms with Gasteiger partial charge < -0.3 is 23.8 Å². The highest BCUT2D eigenvalue weighted by Crippen LogP contribution is 2.60. The highest BCUT2D eigenvalue weighted by atomic mass is 35.5. The summed E-state index contributed by atoms with van der Waals surface area (Å²) >= 11 is 18.0. The van der Waals surface area contributed by atoms with Crippen molar-refractivity contribution in [2.45, 2.75) is 47.1 Å². The van der Waals surface area contributed by atoms with E-state index in [-0.39, 0.29) is 35.9 Å². The minimum Gasteiger partial charge on any atom is -0.489 e. The number of aromatic nitrogens is 2. The van der Waals surface area contributed by atoms with Gasteiger partial charge in [0, 0.05) is 29.5 Å². The quantitative estimate of drug-likeness (QED) is 0.0771. The van der Waals surface area contributed by atoms with Gasteiger partial charge in [-0.3, -0.25) is 9.36 Å². The predicted octanol–water partition coefficient (Wildman–Crippen LogP) is 14.2. The molecule has 1 amide bonds. The zero-order valence-corrected chi connectivity index (χ0v) is 40.2. The fraction of sp³-hybridized carbons (Fsp3) is 0.245. The summed E-state index contributed by atoms with van der Waals surface area (Å²) in [6.07, 6.45) is 6.63. The van der Waals surface area contributed by atoms with Gasteiger partial charge >= 0.3 is 12.0 Å². The van der Waals surface area contributed by atoms with E-state index in [1.165, 1.54) is 16.5 Å². The van der Waals surface area contributed by atoms with Gasteiger partial charge in [0.05, 0.1) is 22.5 Å². The molecule has 0 aliphatic heterocycles. The monoisotopic (exact) mass is 959 g/mol. The number of carbonyl (C=O) groups is 2. The molecule has 0 N–H and O–H groups in total. The Bertz CT molecular complexity index is 2570. The van der Waals surface area contributed by atoms with Crippen LogP contribution in [-0.4, -0.2) is 46.1 Å². The molecular weight excluding hydrogens is 909 g/mol. The maximum absolute atomic E-state index is 12.7. The molecule has 1 heterocycles. The number of halogens is 3. The molecule has 14 heteroatoms. The number of hydrogen-bond donors (Lipinski definition) is 0. The average molecular weight is 961 g/mol. The van der Waals surface area contributed by atoms with Gasteiger partial charge in [-0.1, -0.05) is 128 Å². The first kappa shape index (κ1) is 52.9. The largest absolute Gasteiger partial charge is 0.489 e. The van der Waals surface area contributed by atoms with E-state index in [2.05, 4.69) is 37.9 Å². The molecule has 1 saturated carbocycles. The minimum atomic E-state index is -0.962. The molecule has 0 bridgehead atoms. The van der Waals surface area contributed by atoms with Gasteiger partial charge in [-0.15, -0.1) is 0 Å². The Labute approximate surface area is 408 Å². The summed E-state index contributed by atoms with van der Waals surface area (Å²) < 4.78 is 24.1. The zero-order chi connectivity index (χ0) is 48.9. The smallest absolute Gasteiger partial charge is 0.329 e. The molecule has 3 atom stereocenters. The lowest BCUT2D eigenvalue weighted by Crippen LogP contribution is -2.37. The number of para-hydroxylation sites is 2. The molecule has 1 aliphatic rings. The second-order valence-corrected chi connectivity index (χ2v) is 17.1. The predicted molar refractivity (Wildman–Crippen MR) is 262 cm³/mol. The summed E-state index contributed by atoms with van der Waals surface area (Å²) in [5.74, 6) is 2.93. The number of ether oxygens (including phenoxy) is 4. The summed E-state index contributed by atoms with van der Waals surface area (Å²) in [4.78, 5) is 30.6. The van der Waals surface area contributed by atoms with Crippen molar-refractivity contribution in [3.63, 3.8) is 0 Å². The fourth-order valence-corrected chi connectivity index (χ4v) is 7.72. The van der Waals surface area contributed by atoms with Crippen LogP contribution < -0.4 is 14.2 Å². The van der Waals surface area contributed by atoms with Gasteiger partial charge in [-0.05, 0) is 105 Å². The number of imidazole rings is 1. The number of esters is 1. The minimum absolute atomic E-state index is 0.146. The van der Waals surface area contributed by atoms with Gasteiger partial charge in [0.15, 0.2) is 12.3 Å². The molecule has 11 nitrogen and oxygen atoms in total. The van der Waals surface area contributed by atoms with Crippen LogP contribution in [0.25, 0.3) is 0 Å². The molecular formula is C53H52Cl3N5O6. The highest BCUT2D eigenvalue weighted by molar-refractivity contribution is 6.40. The van der Waals surface area contributed by atoms with Gasteiger partial charge in [0.2, 0.25) is 6.10 Å². The number of benzene rings is 5. The van der Waals surface area contributed by atoms with Crippen molar-refractivity contribution in [2.75, 3.05) is 19.7 Å². The van der Waals surface area contributed by atoms with Crippen LogP contribution in [0, 0.1) is 47.3 Å². The van der Waals surface area contributed by atoms with Crippen LogP contribution >= 0.6 is 34.8 Å². The molecule has 0 spiro atoms. The maximum atomic E-state index is 12.7. The van der Waals surface area contributed by atoms with Crippen LogP contribution in [0.4, 0.5) is 4.79 Å². The Hall–Kier alpha value is -6.76. The Morgan fingerprint density at radius 3 is 1.94 bits per heavy atom. The molecule has 3 unspecified atom stereocenters. The van der Waals surface area contributed by atoms with E-state index in [0.29, 0.717) is 51.0 Å². The fourth-order valence-electron chi connectivity index (χ4n) is 6.79. The number of allylic oxidation sites excluding steroid dienone is 2. The number of carbonyl (C=O) groups excluding carboxylic acids is 2. The number of amides is 1. The van der Waals surface area contributed by atoms with Gasteiger partial charge in [0.25, 0.3) is 0 Å². The lowest BCUT2D eigenvalue weighted by Gasteiger charge is -2.22. The normalized spacial score (nSPS) is 14.2. The van der Waals surface area contributed by atoms with Crippen LogP contribution in [0.2, 0.25) is 15.1 Å². The van der Waals surface area contributed by atoms with Crippen LogP contribution in [0.5, 0.6) is 28.7 Å². The summed E-state index contributed by atoms with van der Waals surface area (Å²) in [6.45, 7) is 20.0. The van der Waals surface area contributed by atoms with Crippen molar-refractivity contribution in [1.82, 2.24) is 14.5 Å². The Balaban J connectivity index is 0.000000226. The summed E-state index contributed by atoms with van der Waals surface area (Å²) in [6, 6.07) is 39.0. The van der Waals surface area contributed by atoms with Gasteiger partial charge in [0.1, 0.15) is 42.0 Å². The van der Waals surface area contributed by atoms with Crippen LogP contribution in [0.15, 0.2) is 152 Å². The standard InChI is InChI=1S/C24H25NO3.C15H16Cl3N3O2.C13H11O.CN/c1-16(2)13-20-22(24(20,3)4)23(26)28-21(15-25)17-9-8-12-19(14-17)27-18-10-6-5-7-11-18;1-2-4-20(15(22)21-5-3-19-10-21)6-7-23-14-12(17)8-11(16)9-13(14)18;1-11-6-5-9-13(10-11)14-12-7-3-2-4-8-12;1-2/h5-14,20-22H,1-4H3;3,5,8-10H,2,4,6-7H2,1H3;2-10H,1H2;. The summed E-state index contributed by atoms with van der Waals surface area (Å²) in [7, 11) is 0. The van der Waals surface area contributed by atoms with Crippen molar-refractivity contribution < 1.29 is 28.5 Å². The molecule has 346 valence electrons. The van der Waals surface area contributed by atoms with E-state index in [1.54, 1.807) is 47.6 Å². The third kappa shape index (κ3) is 16.3. The molecule has 5 aromatic carbocycles. The Morgan fingerprint density at radius 2 is 1.42 bits per heavy atom. The van der Waals surface area contributed by atoms with E-state index in [4.69, 9.17) is 65.6 Å². The molecule has 7 rings (SSSR count). The first-order chi connectivity index (χ1) is 32.2.